The number of hydrogen-bond acceptors (Lipinski definition) is 4. The van der Waals surface area contributed by atoms with E-state index in [0.29, 0.717) is 18.5 Å². The SMILES string of the molecule is CCCCCC(C)NCCn1nc(OC)ccc1=O. The molecule has 1 rings (SSSR count). The van der Waals surface area contributed by atoms with Gasteiger partial charge in [-0.05, 0) is 13.3 Å². The van der Waals surface area contributed by atoms with Crippen LogP contribution in [-0.2, 0) is 6.54 Å². The van der Waals surface area contributed by atoms with Gasteiger partial charge in [0.25, 0.3) is 5.56 Å². The van der Waals surface area contributed by atoms with Crippen molar-refractivity contribution in [3.63, 3.8) is 0 Å². The van der Waals surface area contributed by atoms with Crippen LogP contribution >= 0.6 is 0 Å². The second-order valence-corrected chi connectivity index (χ2v) is 4.79. The zero-order valence-electron chi connectivity index (χ0n) is 12.2. The fourth-order valence-electron chi connectivity index (χ4n) is 1.92. The molecular formula is C14H25N3O2. The third-order valence-corrected chi connectivity index (χ3v) is 3.11. The molecular weight excluding hydrogens is 242 g/mol. The van der Waals surface area contributed by atoms with E-state index in [0.717, 1.165) is 6.54 Å². The number of ether oxygens (including phenoxy) is 1. The fourth-order valence-corrected chi connectivity index (χ4v) is 1.92. The number of nitrogens with zero attached hydrogens (tertiary/aromatic N) is 2. The van der Waals surface area contributed by atoms with Crippen LogP contribution in [0.25, 0.3) is 0 Å². The molecule has 5 heteroatoms. The van der Waals surface area contributed by atoms with Crippen molar-refractivity contribution in [2.45, 2.75) is 52.1 Å². The smallest absolute Gasteiger partial charge is 0.267 e. The molecule has 0 saturated heterocycles. The third-order valence-electron chi connectivity index (χ3n) is 3.11. The number of hydrogen-bond donors (Lipinski definition) is 1. The second-order valence-electron chi connectivity index (χ2n) is 4.79. The van der Waals surface area contributed by atoms with Gasteiger partial charge in [0.15, 0.2) is 0 Å². The zero-order valence-corrected chi connectivity index (χ0v) is 12.2. The van der Waals surface area contributed by atoms with E-state index in [-0.39, 0.29) is 5.56 Å². The van der Waals surface area contributed by atoms with Crippen LogP contribution in [0.4, 0.5) is 0 Å². The molecule has 0 aliphatic carbocycles. The largest absolute Gasteiger partial charge is 0.480 e. The van der Waals surface area contributed by atoms with Crippen LogP contribution in [-0.4, -0.2) is 29.5 Å². The molecule has 1 N–H and O–H groups in total. The summed E-state index contributed by atoms with van der Waals surface area (Å²) in [5.74, 6) is 0.468. The van der Waals surface area contributed by atoms with Gasteiger partial charge in [0.05, 0.1) is 13.7 Å². The van der Waals surface area contributed by atoms with Crippen LogP contribution in [0, 0.1) is 0 Å². The average Bonchev–Trinajstić information content (AvgIpc) is 2.41. The van der Waals surface area contributed by atoms with Crippen molar-refractivity contribution < 1.29 is 4.74 Å². The normalized spacial score (nSPS) is 12.4. The summed E-state index contributed by atoms with van der Waals surface area (Å²) in [5.41, 5.74) is -0.0961. The highest BCUT2D eigenvalue weighted by Crippen LogP contribution is 2.02. The lowest BCUT2D eigenvalue weighted by Crippen LogP contribution is -2.33. The quantitative estimate of drug-likeness (QED) is 0.693. The van der Waals surface area contributed by atoms with Crippen molar-refractivity contribution in [3.05, 3.63) is 22.5 Å². The Morgan fingerprint density at radius 2 is 2.21 bits per heavy atom. The third kappa shape index (κ3) is 5.87. The number of methoxy groups -OCH3 is 1. The lowest BCUT2D eigenvalue weighted by molar-refractivity contribution is 0.371. The topological polar surface area (TPSA) is 56.1 Å². The Morgan fingerprint density at radius 1 is 1.42 bits per heavy atom. The molecule has 0 aliphatic heterocycles. The predicted octanol–water partition coefficient (Wildman–Crippen LogP) is 1.81. The molecule has 19 heavy (non-hydrogen) atoms. The van der Waals surface area contributed by atoms with Crippen LogP contribution in [0.2, 0.25) is 0 Å². The van der Waals surface area contributed by atoms with E-state index in [2.05, 4.69) is 24.3 Å². The first-order valence-corrected chi connectivity index (χ1v) is 7.03. The molecule has 0 bridgehead atoms. The molecule has 0 fully saturated rings. The summed E-state index contributed by atoms with van der Waals surface area (Å²) in [4.78, 5) is 11.6. The molecule has 0 aromatic carbocycles. The highest BCUT2D eigenvalue weighted by atomic mass is 16.5. The van der Waals surface area contributed by atoms with Gasteiger partial charge in [0.2, 0.25) is 5.88 Å². The summed E-state index contributed by atoms with van der Waals surface area (Å²) in [5, 5.41) is 7.52. The minimum Gasteiger partial charge on any atom is -0.480 e. The van der Waals surface area contributed by atoms with E-state index in [9.17, 15) is 4.79 Å². The van der Waals surface area contributed by atoms with Gasteiger partial charge in [-0.2, -0.15) is 0 Å². The highest BCUT2D eigenvalue weighted by molar-refractivity contribution is 5.05. The molecule has 1 aromatic rings. The van der Waals surface area contributed by atoms with Gasteiger partial charge >= 0.3 is 0 Å². The standard InChI is InChI=1S/C14H25N3O2/c1-4-5-6-7-12(2)15-10-11-17-14(18)9-8-13(16-17)19-3/h8-9,12,15H,4-7,10-11H2,1-3H3. The Hall–Kier alpha value is -1.36. The molecule has 0 aliphatic rings. The molecule has 1 aromatic heterocycles. The molecule has 1 unspecified atom stereocenters. The summed E-state index contributed by atoms with van der Waals surface area (Å²) in [6, 6.07) is 3.55. The summed E-state index contributed by atoms with van der Waals surface area (Å²) < 4.78 is 6.45. The number of rotatable bonds is 9. The van der Waals surface area contributed by atoms with Crippen LogP contribution in [0.5, 0.6) is 5.88 Å². The summed E-state index contributed by atoms with van der Waals surface area (Å²) in [6.45, 7) is 5.69. The number of aromatic nitrogens is 2. The van der Waals surface area contributed by atoms with Gasteiger partial charge in [-0.15, -0.1) is 5.10 Å². The molecule has 0 spiro atoms. The van der Waals surface area contributed by atoms with Crippen LogP contribution in [0.15, 0.2) is 16.9 Å². The van der Waals surface area contributed by atoms with Crippen LogP contribution in [0.3, 0.4) is 0 Å². The number of nitrogens with one attached hydrogen (secondary N) is 1. The van der Waals surface area contributed by atoms with Crippen molar-refractivity contribution in [3.8, 4) is 5.88 Å². The van der Waals surface area contributed by atoms with Gasteiger partial charge in [-0.3, -0.25) is 4.79 Å². The van der Waals surface area contributed by atoms with Crippen molar-refractivity contribution >= 4 is 0 Å². The first-order valence-electron chi connectivity index (χ1n) is 7.03. The van der Waals surface area contributed by atoms with E-state index in [4.69, 9.17) is 4.74 Å². The first kappa shape index (κ1) is 15.7. The van der Waals surface area contributed by atoms with Crippen molar-refractivity contribution in [1.29, 1.82) is 0 Å². The van der Waals surface area contributed by atoms with Gasteiger partial charge in [-0.1, -0.05) is 26.2 Å². The molecule has 0 radical (unpaired) electrons. The lowest BCUT2D eigenvalue weighted by atomic mass is 10.1. The van der Waals surface area contributed by atoms with E-state index < -0.39 is 0 Å². The Labute approximate surface area is 115 Å². The Bertz CT molecular complexity index is 417. The molecule has 0 amide bonds. The predicted molar refractivity (Wildman–Crippen MR) is 76.7 cm³/mol. The summed E-state index contributed by atoms with van der Waals surface area (Å²) in [6.07, 6.45) is 4.95. The average molecular weight is 267 g/mol. The minimum absolute atomic E-state index is 0.0961. The maximum Gasteiger partial charge on any atom is 0.267 e. The minimum atomic E-state index is -0.0961. The first-order chi connectivity index (χ1) is 9.17. The highest BCUT2D eigenvalue weighted by Gasteiger charge is 2.03. The Morgan fingerprint density at radius 3 is 2.89 bits per heavy atom. The van der Waals surface area contributed by atoms with Gasteiger partial charge in [0.1, 0.15) is 0 Å². The summed E-state index contributed by atoms with van der Waals surface area (Å²) >= 11 is 0. The van der Waals surface area contributed by atoms with E-state index >= 15 is 0 Å². The fraction of sp³-hybridized carbons (Fsp3) is 0.714. The van der Waals surface area contributed by atoms with E-state index in [1.54, 1.807) is 13.2 Å². The van der Waals surface area contributed by atoms with Crippen LogP contribution < -0.4 is 15.6 Å². The van der Waals surface area contributed by atoms with Crippen LogP contribution in [0.1, 0.15) is 39.5 Å². The molecule has 1 heterocycles. The Kier molecular flexibility index (Phi) is 7.18. The van der Waals surface area contributed by atoms with E-state index in [1.807, 2.05) is 0 Å². The lowest BCUT2D eigenvalue weighted by Gasteiger charge is -2.13. The molecule has 0 saturated carbocycles. The molecule has 108 valence electrons. The van der Waals surface area contributed by atoms with Crippen molar-refractivity contribution in [2.75, 3.05) is 13.7 Å². The van der Waals surface area contributed by atoms with E-state index in [1.165, 1.54) is 36.4 Å². The maximum atomic E-state index is 11.6. The van der Waals surface area contributed by atoms with Gasteiger partial charge in [-0.25, -0.2) is 4.68 Å². The van der Waals surface area contributed by atoms with Crippen molar-refractivity contribution in [1.82, 2.24) is 15.1 Å². The Balaban J connectivity index is 2.34. The zero-order chi connectivity index (χ0) is 14.1. The summed E-state index contributed by atoms with van der Waals surface area (Å²) in [7, 11) is 1.55. The second kappa shape index (κ2) is 8.69. The molecule has 1 atom stereocenters. The monoisotopic (exact) mass is 267 g/mol. The number of unbranched alkanes of at least 4 members (excludes halogenated alkanes) is 2. The molecule has 5 nitrogen and oxygen atoms in total. The van der Waals surface area contributed by atoms with Crippen molar-refractivity contribution in [2.24, 2.45) is 0 Å². The maximum absolute atomic E-state index is 11.6. The van der Waals surface area contributed by atoms with Gasteiger partial charge < -0.3 is 10.1 Å². The van der Waals surface area contributed by atoms with Gasteiger partial charge in [0, 0.05) is 24.7 Å².